The van der Waals surface area contributed by atoms with Gasteiger partial charge in [-0.25, -0.2) is 0 Å². The molecule has 1 aliphatic rings. The second kappa shape index (κ2) is 6.09. The maximum absolute atomic E-state index is 11.2. The van der Waals surface area contributed by atoms with Crippen molar-refractivity contribution in [2.24, 2.45) is 0 Å². The van der Waals surface area contributed by atoms with Crippen LogP contribution in [-0.2, 0) is 4.79 Å². The zero-order valence-corrected chi connectivity index (χ0v) is 11.9. The quantitative estimate of drug-likeness (QED) is 0.687. The Bertz CT molecular complexity index is 528. The van der Waals surface area contributed by atoms with E-state index in [1.165, 1.54) is 6.07 Å². The number of nitrogens with one attached hydrogen (secondary N) is 1. The van der Waals surface area contributed by atoms with Crippen LogP contribution in [0.2, 0.25) is 5.02 Å². The number of carbonyl (C=O) groups excluding carboxylic acids is 1. The van der Waals surface area contributed by atoms with E-state index in [0.717, 1.165) is 12.8 Å². The van der Waals surface area contributed by atoms with E-state index in [2.05, 4.69) is 5.32 Å². The van der Waals surface area contributed by atoms with Crippen molar-refractivity contribution in [3.63, 3.8) is 0 Å². The van der Waals surface area contributed by atoms with Gasteiger partial charge in [0.2, 0.25) is 5.91 Å². The van der Waals surface area contributed by atoms with Crippen molar-refractivity contribution in [3.8, 4) is 0 Å². The van der Waals surface area contributed by atoms with E-state index in [1.54, 1.807) is 24.0 Å². The molecule has 0 aliphatic carbocycles. The normalized spacial score (nSPS) is 16.0. The third kappa shape index (κ3) is 3.39. The molecule has 7 heteroatoms. The first kappa shape index (κ1) is 14.6. The smallest absolute Gasteiger partial charge is 0.293 e. The van der Waals surface area contributed by atoms with E-state index in [1.807, 2.05) is 0 Å². The minimum absolute atomic E-state index is 0.0218. The third-order valence-electron chi connectivity index (χ3n) is 3.46. The van der Waals surface area contributed by atoms with Gasteiger partial charge in [0.25, 0.3) is 5.69 Å². The Kier molecular flexibility index (Phi) is 4.44. The van der Waals surface area contributed by atoms with Crippen molar-refractivity contribution in [1.82, 2.24) is 4.90 Å². The molecule has 1 aliphatic heterocycles. The lowest BCUT2D eigenvalue weighted by atomic mass is 10.0. The van der Waals surface area contributed by atoms with Gasteiger partial charge in [-0.2, -0.15) is 0 Å². The van der Waals surface area contributed by atoms with Crippen LogP contribution in [0, 0.1) is 10.1 Å². The Balaban J connectivity index is 2.04. The van der Waals surface area contributed by atoms with E-state index >= 15 is 0 Å². The van der Waals surface area contributed by atoms with Gasteiger partial charge in [0.1, 0.15) is 5.69 Å². The van der Waals surface area contributed by atoms with Crippen LogP contribution in [-0.4, -0.2) is 34.9 Å². The summed E-state index contributed by atoms with van der Waals surface area (Å²) >= 11 is 5.78. The van der Waals surface area contributed by atoms with Gasteiger partial charge in [-0.3, -0.25) is 14.9 Å². The highest BCUT2D eigenvalue weighted by molar-refractivity contribution is 6.30. The van der Waals surface area contributed by atoms with E-state index in [0.29, 0.717) is 23.8 Å². The molecule has 6 nitrogen and oxygen atoms in total. The fourth-order valence-electron chi connectivity index (χ4n) is 2.34. The number of piperidine rings is 1. The number of benzene rings is 1. The number of hydrogen-bond donors (Lipinski definition) is 1. The molecule has 1 aromatic rings. The predicted molar refractivity (Wildman–Crippen MR) is 77.0 cm³/mol. The van der Waals surface area contributed by atoms with E-state index in [9.17, 15) is 14.9 Å². The van der Waals surface area contributed by atoms with E-state index in [-0.39, 0.29) is 17.6 Å². The Morgan fingerprint density at radius 3 is 2.65 bits per heavy atom. The molecule has 1 N–H and O–H groups in total. The number of likely N-dealkylation sites (tertiary alicyclic amines) is 1. The lowest BCUT2D eigenvalue weighted by Gasteiger charge is -2.32. The molecule has 108 valence electrons. The summed E-state index contributed by atoms with van der Waals surface area (Å²) in [5, 5.41) is 14.5. The fourth-order valence-corrected chi connectivity index (χ4v) is 2.50. The number of nitrogens with zero attached hydrogens (tertiary/aromatic N) is 2. The number of nitro benzene ring substituents is 1. The van der Waals surface area contributed by atoms with Gasteiger partial charge in [0.15, 0.2) is 0 Å². The summed E-state index contributed by atoms with van der Waals surface area (Å²) < 4.78 is 0. The number of rotatable bonds is 3. The number of hydrogen-bond acceptors (Lipinski definition) is 4. The molecular weight excluding hydrogens is 282 g/mol. The van der Waals surface area contributed by atoms with Crippen LogP contribution in [0.15, 0.2) is 18.2 Å². The topological polar surface area (TPSA) is 75.5 Å². The SMILES string of the molecule is CC(=O)N1CCC(Nc2ccc(Cl)cc2[N+](=O)[O-])CC1. The third-order valence-corrected chi connectivity index (χ3v) is 3.69. The molecule has 0 atom stereocenters. The summed E-state index contributed by atoms with van der Waals surface area (Å²) in [5.74, 6) is 0.0703. The minimum Gasteiger partial charge on any atom is -0.377 e. The van der Waals surface area contributed by atoms with Gasteiger partial charge >= 0.3 is 0 Å². The lowest BCUT2D eigenvalue weighted by molar-refractivity contribution is -0.384. The Morgan fingerprint density at radius 1 is 1.45 bits per heavy atom. The number of anilines is 1. The number of carbonyl (C=O) groups is 1. The zero-order valence-electron chi connectivity index (χ0n) is 11.1. The Hall–Kier alpha value is -1.82. The highest BCUT2D eigenvalue weighted by Crippen LogP contribution is 2.29. The second-order valence-electron chi connectivity index (χ2n) is 4.84. The number of nitro groups is 1. The summed E-state index contributed by atoms with van der Waals surface area (Å²) in [5.41, 5.74) is 0.451. The highest BCUT2D eigenvalue weighted by Gasteiger charge is 2.23. The summed E-state index contributed by atoms with van der Waals surface area (Å²) in [6, 6.07) is 4.72. The number of halogens is 1. The van der Waals surface area contributed by atoms with Crippen molar-refractivity contribution >= 4 is 28.9 Å². The maximum atomic E-state index is 11.2. The summed E-state index contributed by atoms with van der Waals surface area (Å²) in [7, 11) is 0. The second-order valence-corrected chi connectivity index (χ2v) is 5.28. The summed E-state index contributed by atoms with van der Waals surface area (Å²) in [4.78, 5) is 23.6. The molecule has 1 fully saturated rings. The molecule has 0 radical (unpaired) electrons. The van der Waals surface area contributed by atoms with Crippen LogP contribution in [0.3, 0.4) is 0 Å². The largest absolute Gasteiger partial charge is 0.377 e. The predicted octanol–water partition coefficient (Wildman–Crippen LogP) is 2.67. The van der Waals surface area contributed by atoms with Crippen LogP contribution in [0.4, 0.5) is 11.4 Å². The average Bonchev–Trinajstić information content (AvgIpc) is 2.41. The molecule has 1 saturated heterocycles. The van der Waals surface area contributed by atoms with Gasteiger partial charge in [-0.1, -0.05) is 11.6 Å². The summed E-state index contributed by atoms with van der Waals surface area (Å²) in [6.07, 6.45) is 1.55. The van der Waals surface area contributed by atoms with Crippen molar-refractivity contribution in [2.75, 3.05) is 18.4 Å². The minimum atomic E-state index is -0.446. The van der Waals surface area contributed by atoms with E-state index < -0.39 is 4.92 Å². The molecule has 1 amide bonds. The fraction of sp³-hybridized carbons (Fsp3) is 0.462. The summed E-state index contributed by atoms with van der Waals surface area (Å²) in [6.45, 7) is 2.90. The lowest BCUT2D eigenvalue weighted by Crippen LogP contribution is -2.41. The van der Waals surface area contributed by atoms with Crippen LogP contribution in [0.25, 0.3) is 0 Å². The first-order chi connectivity index (χ1) is 9.47. The van der Waals surface area contributed by atoms with Crippen molar-refractivity contribution < 1.29 is 9.72 Å². The molecule has 0 unspecified atom stereocenters. The molecule has 0 bridgehead atoms. The Labute approximate surface area is 121 Å². The highest BCUT2D eigenvalue weighted by atomic mass is 35.5. The van der Waals surface area contributed by atoms with Crippen LogP contribution < -0.4 is 5.32 Å². The molecule has 0 spiro atoms. The molecule has 1 aromatic carbocycles. The molecule has 20 heavy (non-hydrogen) atoms. The number of amides is 1. The van der Waals surface area contributed by atoms with Crippen LogP contribution >= 0.6 is 11.6 Å². The van der Waals surface area contributed by atoms with Gasteiger partial charge in [0, 0.05) is 37.1 Å². The molecule has 0 saturated carbocycles. The first-order valence-corrected chi connectivity index (χ1v) is 6.81. The van der Waals surface area contributed by atoms with Gasteiger partial charge in [0.05, 0.1) is 4.92 Å². The van der Waals surface area contributed by atoms with Gasteiger partial charge in [-0.05, 0) is 25.0 Å². The van der Waals surface area contributed by atoms with Crippen molar-refractivity contribution in [2.45, 2.75) is 25.8 Å². The van der Waals surface area contributed by atoms with Gasteiger partial charge in [-0.15, -0.1) is 0 Å². The molecule has 1 heterocycles. The Morgan fingerprint density at radius 2 is 2.10 bits per heavy atom. The monoisotopic (exact) mass is 297 g/mol. The first-order valence-electron chi connectivity index (χ1n) is 6.43. The van der Waals surface area contributed by atoms with Gasteiger partial charge < -0.3 is 10.2 Å². The average molecular weight is 298 g/mol. The van der Waals surface area contributed by atoms with Crippen LogP contribution in [0.5, 0.6) is 0 Å². The van der Waals surface area contributed by atoms with Crippen molar-refractivity contribution in [3.05, 3.63) is 33.3 Å². The zero-order chi connectivity index (χ0) is 14.7. The molecule has 2 rings (SSSR count). The molecular formula is C13H16ClN3O3. The standard InChI is InChI=1S/C13H16ClN3O3/c1-9(18)16-6-4-11(5-7-16)15-12-3-2-10(14)8-13(12)17(19)20/h2-3,8,11,15H,4-7H2,1H3. The van der Waals surface area contributed by atoms with E-state index in [4.69, 9.17) is 11.6 Å². The van der Waals surface area contributed by atoms with Crippen LogP contribution in [0.1, 0.15) is 19.8 Å². The van der Waals surface area contributed by atoms with Crippen molar-refractivity contribution in [1.29, 1.82) is 0 Å². The molecule has 0 aromatic heterocycles. The maximum Gasteiger partial charge on any atom is 0.293 e.